The van der Waals surface area contributed by atoms with Gasteiger partial charge in [-0.05, 0) is 49.1 Å². The third-order valence-electron chi connectivity index (χ3n) is 4.58. The first-order valence-corrected chi connectivity index (χ1v) is 8.36. The summed E-state index contributed by atoms with van der Waals surface area (Å²) in [5.74, 6) is -0.0457. The van der Waals surface area contributed by atoms with Crippen molar-refractivity contribution in [2.45, 2.75) is 32.6 Å². The zero-order valence-electron chi connectivity index (χ0n) is 14.5. The highest BCUT2D eigenvalue weighted by atomic mass is 19.1. The quantitative estimate of drug-likeness (QED) is 0.915. The number of aromatic nitrogens is 1. The molecule has 2 aromatic rings. The number of hydrogen-bond acceptors (Lipinski definition) is 3. The van der Waals surface area contributed by atoms with E-state index in [0.29, 0.717) is 35.5 Å². The largest absolute Gasteiger partial charge is 0.341 e. The van der Waals surface area contributed by atoms with Gasteiger partial charge in [-0.25, -0.2) is 4.39 Å². The van der Waals surface area contributed by atoms with Crippen LogP contribution < -0.4 is 5.73 Å². The van der Waals surface area contributed by atoms with Crippen molar-refractivity contribution < 1.29 is 9.18 Å². The number of carbonyl (C=O) groups excluding carboxylic acids is 1. The van der Waals surface area contributed by atoms with Crippen LogP contribution in [0.1, 0.15) is 48.7 Å². The molecule has 1 aliphatic carbocycles. The maximum Gasteiger partial charge on any atom is 0.254 e. The van der Waals surface area contributed by atoms with E-state index in [2.05, 4.69) is 4.98 Å². The van der Waals surface area contributed by atoms with E-state index in [-0.39, 0.29) is 17.1 Å². The number of nitrogens with two attached hydrogens (primary N) is 1. The lowest BCUT2D eigenvalue weighted by atomic mass is 9.93. The predicted octanol–water partition coefficient (Wildman–Crippen LogP) is 3.31. The Hall–Kier alpha value is -2.01. The minimum atomic E-state index is -0.359. The van der Waals surface area contributed by atoms with Crippen LogP contribution >= 0.6 is 0 Å². The minimum Gasteiger partial charge on any atom is -0.341 e. The molecule has 0 bridgehead atoms. The molecule has 3 rings (SSSR count). The smallest absolute Gasteiger partial charge is 0.254 e. The Bertz CT molecular complexity index is 784. The number of rotatable bonds is 5. The van der Waals surface area contributed by atoms with Crippen LogP contribution in [0.4, 0.5) is 4.39 Å². The topological polar surface area (TPSA) is 59.2 Å². The van der Waals surface area contributed by atoms with Crippen LogP contribution in [0.25, 0.3) is 10.9 Å². The van der Waals surface area contributed by atoms with Crippen LogP contribution in [-0.2, 0) is 0 Å². The fourth-order valence-electron chi connectivity index (χ4n) is 2.97. The van der Waals surface area contributed by atoms with Crippen molar-refractivity contribution in [2.24, 2.45) is 11.1 Å². The first kappa shape index (κ1) is 16.8. The molecule has 4 nitrogen and oxygen atoms in total. The molecule has 1 heterocycles. The third-order valence-corrected chi connectivity index (χ3v) is 4.58. The van der Waals surface area contributed by atoms with Crippen LogP contribution in [0.5, 0.6) is 0 Å². The molecule has 1 fully saturated rings. The van der Waals surface area contributed by atoms with Crippen LogP contribution in [0.15, 0.2) is 24.3 Å². The second-order valence-corrected chi connectivity index (χ2v) is 7.56. The molecule has 1 aromatic heterocycles. The van der Waals surface area contributed by atoms with Gasteiger partial charge in [0.05, 0.1) is 11.1 Å². The molecule has 24 heavy (non-hydrogen) atoms. The summed E-state index contributed by atoms with van der Waals surface area (Å²) < 4.78 is 13.7. The van der Waals surface area contributed by atoms with Crippen molar-refractivity contribution in [2.75, 3.05) is 20.1 Å². The lowest BCUT2D eigenvalue weighted by molar-refractivity contribution is 0.0742. The van der Waals surface area contributed by atoms with Crippen LogP contribution in [0, 0.1) is 11.2 Å². The van der Waals surface area contributed by atoms with E-state index in [1.807, 2.05) is 19.9 Å². The summed E-state index contributed by atoms with van der Waals surface area (Å²) in [6, 6.07) is 6.28. The SMILES string of the molecule is CN(CC(C)(C)CN)C(=O)c1cc(C2CC2)nc2ccc(F)cc12. The number of pyridine rings is 1. The Morgan fingerprint density at radius 2 is 2.08 bits per heavy atom. The van der Waals surface area contributed by atoms with Crippen molar-refractivity contribution in [1.82, 2.24) is 9.88 Å². The molecule has 0 radical (unpaired) electrons. The fourth-order valence-corrected chi connectivity index (χ4v) is 2.97. The molecule has 5 heteroatoms. The lowest BCUT2D eigenvalue weighted by Crippen LogP contribution is -2.39. The summed E-state index contributed by atoms with van der Waals surface area (Å²) in [5.41, 5.74) is 7.75. The van der Waals surface area contributed by atoms with Gasteiger partial charge in [-0.3, -0.25) is 9.78 Å². The molecule has 0 atom stereocenters. The molecule has 128 valence electrons. The second-order valence-electron chi connectivity index (χ2n) is 7.56. The van der Waals surface area contributed by atoms with Gasteiger partial charge in [0.1, 0.15) is 5.82 Å². The Labute approximate surface area is 141 Å². The van der Waals surface area contributed by atoms with Gasteiger partial charge in [0, 0.05) is 30.6 Å². The molecule has 0 spiro atoms. The molecule has 2 N–H and O–H groups in total. The summed E-state index contributed by atoms with van der Waals surface area (Å²) >= 11 is 0. The van der Waals surface area contributed by atoms with E-state index < -0.39 is 0 Å². The van der Waals surface area contributed by atoms with Gasteiger partial charge in [-0.15, -0.1) is 0 Å². The second kappa shape index (κ2) is 6.13. The van der Waals surface area contributed by atoms with Gasteiger partial charge >= 0.3 is 0 Å². The predicted molar refractivity (Wildman–Crippen MR) is 93.5 cm³/mol. The van der Waals surface area contributed by atoms with E-state index >= 15 is 0 Å². The first-order chi connectivity index (χ1) is 11.3. The third kappa shape index (κ3) is 3.41. The maximum absolute atomic E-state index is 13.7. The normalized spacial score (nSPS) is 14.9. The average molecular weight is 329 g/mol. The zero-order valence-corrected chi connectivity index (χ0v) is 14.5. The molecule has 1 aliphatic rings. The monoisotopic (exact) mass is 329 g/mol. The molecule has 1 saturated carbocycles. The van der Waals surface area contributed by atoms with Gasteiger partial charge in [0.25, 0.3) is 5.91 Å². The average Bonchev–Trinajstić information content (AvgIpc) is 3.37. The Morgan fingerprint density at radius 3 is 2.71 bits per heavy atom. The van der Waals surface area contributed by atoms with Crippen LogP contribution in [-0.4, -0.2) is 35.9 Å². The maximum atomic E-state index is 13.7. The zero-order chi connectivity index (χ0) is 17.5. The van der Waals surface area contributed by atoms with Crippen molar-refractivity contribution in [1.29, 1.82) is 0 Å². The Balaban J connectivity index is 2.03. The number of hydrogen-bond donors (Lipinski definition) is 1. The van der Waals surface area contributed by atoms with Gasteiger partial charge in [0.15, 0.2) is 0 Å². The highest BCUT2D eigenvalue weighted by molar-refractivity contribution is 6.06. The van der Waals surface area contributed by atoms with Crippen LogP contribution in [0.3, 0.4) is 0 Å². The highest BCUT2D eigenvalue weighted by Crippen LogP contribution is 2.40. The summed E-state index contributed by atoms with van der Waals surface area (Å²) in [6.45, 7) is 5.08. The van der Waals surface area contributed by atoms with Crippen molar-refractivity contribution in [3.05, 3.63) is 41.3 Å². The first-order valence-electron chi connectivity index (χ1n) is 8.36. The molecule has 0 unspecified atom stereocenters. The number of fused-ring (bicyclic) bond motifs is 1. The van der Waals surface area contributed by atoms with E-state index in [9.17, 15) is 9.18 Å². The van der Waals surface area contributed by atoms with Gasteiger partial charge < -0.3 is 10.6 Å². The molecular formula is C19H24FN3O. The summed E-state index contributed by atoms with van der Waals surface area (Å²) in [6.07, 6.45) is 2.20. The van der Waals surface area contributed by atoms with E-state index in [4.69, 9.17) is 5.73 Å². The van der Waals surface area contributed by atoms with E-state index in [1.165, 1.54) is 12.1 Å². The van der Waals surface area contributed by atoms with E-state index in [1.54, 1.807) is 18.0 Å². The van der Waals surface area contributed by atoms with Gasteiger partial charge in [-0.1, -0.05) is 13.8 Å². The number of benzene rings is 1. The summed E-state index contributed by atoms with van der Waals surface area (Å²) in [7, 11) is 1.77. The van der Waals surface area contributed by atoms with Gasteiger partial charge in [0.2, 0.25) is 0 Å². The summed E-state index contributed by atoms with van der Waals surface area (Å²) in [5, 5.41) is 0.571. The number of halogens is 1. The number of amides is 1. The van der Waals surface area contributed by atoms with Crippen molar-refractivity contribution in [3.63, 3.8) is 0 Å². The minimum absolute atomic E-state index is 0.114. The lowest BCUT2D eigenvalue weighted by Gasteiger charge is -2.29. The van der Waals surface area contributed by atoms with Gasteiger partial charge in [-0.2, -0.15) is 0 Å². The Kier molecular flexibility index (Phi) is 4.30. The highest BCUT2D eigenvalue weighted by Gasteiger charge is 2.28. The standard InChI is InChI=1S/C19H24FN3O/c1-19(2,10-21)11-23(3)18(24)15-9-17(12-4-5-12)22-16-7-6-13(20)8-14(15)16/h6-9,12H,4-5,10-11,21H2,1-3H3. The fraction of sp³-hybridized carbons (Fsp3) is 0.474. The number of carbonyl (C=O) groups is 1. The molecule has 0 aliphatic heterocycles. The van der Waals surface area contributed by atoms with Crippen LogP contribution in [0.2, 0.25) is 0 Å². The molecule has 1 amide bonds. The summed E-state index contributed by atoms with van der Waals surface area (Å²) in [4.78, 5) is 19.3. The number of nitrogens with zero attached hydrogens (tertiary/aromatic N) is 2. The Morgan fingerprint density at radius 1 is 1.38 bits per heavy atom. The van der Waals surface area contributed by atoms with Crippen molar-refractivity contribution in [3.8, 4) is 0 Å². The molecule has 0 saturated heterocycles. The van der Waals surface area contributed by atoms with E-state index in [0.717, 1.165) is 18.5 Å². The molecular weight excluding hydrogens is 305 g/mol. The van der Waals surface area contributed by atoms with Crippen molar-refractivity contribution >= 4 is 16.8 Å². The molecule has 1 aromatic carbocycles.